The van der Waals surface area contributed by atoms with Gasteiger partial charge in [-0.25, -0.2) is 0 Å². The normalized spacial score (nSPS) is 24.6. The second-order valence-electron chi connectivity index (χ2n) is 5.12. The molecular weight excluding hydrogens is 240 g/mol. The Kier molecular flexibility index (Phi) is 6.54. The van der Waals surface area contributed by atoms with Crippen LogP contribution in [-0.2, 0) is 14.3 Å². The van der Waals surface area contributed by atoms with Crippen molar-refractivity contribution < 1.29 is 14.3 Å². The number of allylic oxidation sites excluding steroid dienone is 2. The van der Waals surface area contributed by atoms with Gasteiger partial charge in [-0.1, -0.05) is 31.7 Å². The number of esters is 1. The second-order valence-corrected chi connectivity index (χ2v) is 5.12. The molecule has 1 rings (SSSR count). The van der Waals surface area contributed by atoms with Crippen LogP contribution in [0.2, 0.25) is 0 Å². The van der Waals surface area contributed by atoms with Crippen LogP contribution >= 0.6 is 0 Å². The maximum Gasteiger partial charge on any atom is 0.306 e. The lowest BCUT2D eigenvalue weighted by molar-refractivity contribution is -0.147. The highest BCUT2D eigenvalue weighted by atomic mass is 16.5. The number of ether oxygens (including phenoxy) is 1. The summed E-state index contributed by atoms with van der Waals surface area (Å²) in [5.74, 6) is 0.194. The minimum Gasteiger partial charge on any atom is -0.458 e. The molecule has 3 atom stereocenters. The summed E-state index contributed by atoms with van der Waals surface area (Å²) in [4.78, 5) is 23.6. The second kappa shape index (κ2) is 7.93. The number of ketones is 1. The lowest BCUT2D eigenvalue weighted by atomic mass is 9.89. The van der Waals surface area contributed by atoms with Crippen molar-refractivity contribution in [2.75, 3.05) is 0 Å². The quantitative estimate of drug-likeness (QED) is 0.522. The van der Waals surface area contributed by atoms with Gasteiger partial charge in [-0.05, 0) is 32.1 Å². The van der Waals surface area contributed by atoms with Crippen LogP contribution in [-0.4, -0.2) is 17.9 Å². The Labute approximate surface area is 115 Å². The predicted molar refractivity (Wildman–Crippen MR) is 75.6 cm³/mol. The van der Waals surface area contributed by atoms with Gasteiger partial charge in [-0.2, -0.15) is 0 Å². The van der Waals surface area contributed by atoms with E-state index in [2.05, 4.69) is 25.7 Å². The lowest BCUT2D eigenvalue weighted by Gasteiger charge is -2.17. The third-order valence-electron chi connectivity index (χ3n) is 3.61. The smallest absolute Gasteiger partial charge is 0.306 e. The molecule has 0 aliphatic heterocycles. The molecule has 0 radical (unpaired) electrons. The van der Waals surface area contributed by atoms with Crippen LogP contribution in [0, 0.1) is 11.8 Å². The maximum atomic E-state index is 11.8. The van der Waals surface area contributed by atoms with E-state index in [9.17, 15) is 9.59 Å². The third kappa shape index (κ3) is 5.01. The van der Waals surface area contributed by atoms with Gasteiger partial charge in [0.15, 0.2) is 0 Å². The van der Waals surface area contributed by atoms with Crippen molar-refractivity contribution in [3.05, 3.63) is 24.8 Å². The van der Waals surface area contributed by atoms with Crippen molar-refractivity contribution in [1.29, 1.82) is 0 Å². The minimum absolute atomic E-state index is 0.00520. The van der Waals surface area contributed by atoms with Crippen molar-refractivity contribution in [3.8, 4) is 0 Å². The topological polar surface area (TPSA) is 43.4 Å². The first-order chi connectivity index (χ1) is 9.08. The Hall–Kier alpha value is -1.38. The summed E-state index contributed by atoms with van der Waals surface area (Å²) >= 11 is 0. The van der Waals surface area contributed by atoms with E-state index in [0.29, 0.717) is 12.8 Å². The summed E-state index contributed by atoms with van der Waals surface area (Å²) in [7, 11) is 0. The van der Waals surface area contributed by atoms with E-state index in [0.717, 1.165) is 19.3 Å². The number of carbonyl (C=O) groups is 2. The van der Waals surface area contributed by atoms with Crippen LogP contribution in [0.3, 0.4) is 0 Å². The Balaban J connectivity index is 2.51. The molecule has 0 N–H and O–H groups in total. The highest BCUT2D eigenvalue weighted by molar-refractivity contribution is 5.84. The van der Waals surface area contributed by atoms with Crippen LogP contribution < -0.4 is 0 Å². The summed E-state index contributed by atoms with van der Waals surface area (Å²) < 4.78 is 5.18. The summed E-state index contributed by atoms with van der Waals surface area (Å²) in [5.41, 5.74) is 0. The van der Waals surface area contributed by atoms with Gasteiger partial charge in [-0.15, -0.1) is 0 Å². The van der Waals surface area contributed by atoms with Crippen molar-refractivity contribution in [1.82, 2.24) is 0 Å². The Morgan fingerprint density at radius 2 is 2.26 bits per heavy atom. The van der Waals surface area contributed by atoms with Gasteiger partial charge in [0.1, 0.15) is 11.9 Å². The van der Waals surface area contributed by atoms with E-state index in [-0.39, 0.29) is 29.7 Å². The van der Waals surface area contributed by atoms with Crippen LogP contribution in [0.4, 0.5) is 0 Å². The summed E-state index contributed by atoms with van der Waals surface area (Å²) in [6.07, 6.45) is 8.93. The molecule has 0 saturated heterocycles. The third-order valence-corrected chi connectivity index (χ3v) is 3.61. The molecule has 1 fully saturated rings. The van der Waals surface area contributed by atoms with Gasteiger partial charge < -0.3 is 4.74 Å². The highest BCUT2D eigenvalue weighted by Gasteiger charge is 2.35. The average molecular weight is 264 g/mol. The summed E-state index contributed by atoms with van der Waals surface area (Å²) in [5, 5.41) is 0. The van der Waals surface area contributed by atoms with Crippen LogP contribution in [0.25, 0.3) is 0 Å². The number of hydrogen-bond acceptors (Lipinski definition) is 3. The van der Waals surface area contributed by atoms with Gasteiger partial charge in [0, 0.05) is 18.8 Å². The molecule has 0 aromatic rings. The van der Waals surface area contributed by atoms with Crippen molar-refractivity contribution in [3.63, 3.8) is 0 Å². The Morgan fingerprint density at radius 1 is 1.53 bits per heavy atom. The molecule has 3 nitrogen and oxygen atoms in total. The van der Waals surface area contributed by atoms with Gasteiger partial charge in [0.25, 0.3) is 0 Å². The van der Waals surface area contributed by atoms with Gasteiger partial charge in [-0.3, -0.25) is 9.59 Å². The lowest BCUT2D eigenvalue weighted by Crippen LogP contribution is -2.20. The molecule has 0 aromatic carbocycles. The van der Waals surface area contributed by atoms with Gasteiger partial charge in [0.05, 0.1) is 0 Å². The molecule has 1 aliphatic carbocycles. The van der Waals surface area contributed by atoms with E-state index < -0.39 is 0 Å². The summed E-state index contributed by atoms with van der Waals surface area (Å²) in [6.45, 7) is 7.43. The molecule has 0 spiro atoms. The zero-order valence-corrected chi connectivity index (χ0v) is 11.9. The highest BCUT2D eigenvalue weighted by Crippen LogP contribution is 2.34. The fourth-order valence-corrected chi connectivity index (χ4v) is 2.47. The molecular formula is C16H24O3. The first-order valence-corrected chi connectivity index (χ1v) is 7.08. The maximum absolute atomic E-state index is 11.8. The summed E-state index contributed by atoms with van der Waals surface area (Å²) in [6, 6.07) is 0. The molecule has 0 aromatic heterocycles. The van der Waals surface area contributed by atoms with Crippen molar-refractivity contribution in [2.24, 2.45) is 11.8 Å². The van der Waals surface area contributed by atoms with Crippen LogP contribution in [0.1, 0.15) is 46.0 Å². The van der Waals surface area contributed by atoms with Crippen LogP contribution in [0.5, 0.6) is 0 Å². The Morgan fingerprint density at radius 3 is 2.89 bits per heavy atom. The average Bonchev–Trinajstić information content (AvgIpc) is 2.71. The van der Waals surface area contributed by atoms with Crippen molar-refractivity contribution in [2.45, 2.75) is 52.1 Å². The molecule has 1 unspecified atom stereocenters. The molecule has 106 valence electrons. The zero-order valence-electron chi connectivity index (χ0n) is 11.9. The fraction of sp³-hybridized carbons (Fsp3) is 0.625. The van der Waals surface area contributed by atoms with Crippen molar-refractivity contribution >= 4 is 11.8 Å². The molecule has 3 heteroatoms. The largest absolute Gasteiger partial charge is 0.458 e. The predicted octanol–water partition coefficient (Wildman–Crippen LogP) is 3.45. The van der Waals surface area contributed by atoms with E-state index in [1.165, 1.54) is 0 Å². The molecule has 0 amide bonds. The zero-order chi connectivity index (χ0) is 14.3. The van der Waals surface area contributed by atoms with E-state index in [4.69, 9.17) is 4.74 Å². The SMILES string of the molecule is C=CC(C)OC(=O)C[C@H]1CCC(=O)[C@@H]1C/C=C\CC. The standard InChI is InChI=1S/C16H24O3/c1-4-6-7-8-14-13(9-10-15(14)17)11-16(18)19-12(3)5-2/h5-7,12-14H,2,4,8-11H2,1,3H3/b7-6-/t12?,13-,14-/m1/s1. The van der Waals surface area contributed by atoms with Crippen LogP contribution in [0.15, 0.2) is 24.8 Å². The van der Waals surface area contributed by atoms with E-state index >= 15 is 0 Å². The minimum atomic E-state index is -0.261. The van der Waals surface area contributed by atoms with E-state index in [1.807, 2.05) is 0 Å². The number of rotatable bonds is 7. The first-order valence-electron chi connectivity index (χ1n) is 7.08. The molecule has 19 heavy (non-hydrogen) atoms. The molecule has 1 aliphatic rings. The molecule has 0 bridgehead atoms. The molecule has 0 heterocycles. The monoisotopic (exact) mass is 264 g/mol. The van der Waals surface area contributed by atoms with Gasteiger partial charge >= 0.3 is 5.97 Å². The Bertz CT molecular complexity index is 357. The number of hydrogen-bond donors (Lipinski definition) is 0. The number of Topliss-reactive ketones (excluding diaryl/α,β-unsaturated/α-hetero) is 1. The molecule has 1 saturated carbocycles. The number of carbonyl (C=O) groups excluding carboxylic acids is 2. The first kappa shape index (κ1) is 15.7. The fourth-order valence-electron chi connectivity index (χ4n) is 2.47. The van der Waals surface area contributed by atoms with Gasteiger partial charge in [0.2, 0.25) is 0 Å². The van der Waals surface area contributed by atoms with E-state index in [1.54, 1.807) is 13.0 Å².